The molecule has 1 aliphatic carbocycles. The molecule has 110 valence electrons. The van der Waals surface area contributed by atoms with Gasteiger partial charge in [0.25, 0.3) is 0 Å². The first-order chi connectivity index (χ1) is 10.2. The molecule has 2 heterocycles. The first kappa shape index (κ1) is 13.8. The van der Waals surface area contributed by atoms with Crippen LogP contribution >= 0.6 is 0 Å². The summed E-state index contributed by atoms with van der Waals surface area (Å²) in [6.45, 7) is 4.67. The second-order valence-electron chi connectivity index (χ2n) is 5.60. The second kappa shape index (κ2) is 6.08. The van der Waals surface area contributed by atoms with Crippen LogP contribution in [0.4, 0.5) is 5.82 Å². The van der Waals surface area contributed by atoms with Gasteiger partial charge in [0.05, 0.1) is 6.10 Å². The van der Waals surface area contributed by atoms with Crippen molar-refractivity contribution < 1.29 is 4.74 Å². The Labute approximate surface area is 124 Å². The summed E-state index contributed by atoms with van der Waals surface area (Å²) in [6.07, 6.45) is 6.22. The molecule has 0 aliphatic heterocycles. The first-order valence-electron chi connectivity index (χ1n) is 7.39. The van der Waals surface area contributed by atoms with Gasteiger partial charge in [0, 0.05) is 30.9 Å². The monoisotopic (exact) mass is 284 g/mol. The molecule has 0 amide bonds. The van der Waals surface area contributed by atoms with Crippen LogP contribution in [0.3, 0.4) is 0 Å². The zero-order valence-corrected chi connectivity index (χ0v) is 12.4. The molecule has 0 atom stereocenters. The van der Waals surface area contributed by atoms with E-state index in [0.29, 0.717) is 18.3 Å². The third-order valence-corrected chi connectivity index (χ3v) is 3.24. The van der Waals surface area contributed by atoms with Gasteiger partial charge >= 0.3 is 0 Å². The highest BCUT2D eigenvalue weighted by atomic mass is 16.5. The maximum absolute atomic E-state index is 5.53. The van der Waals surface area contributed by atoms with Gasteiger partial charge in [-0.15, -0.1) is 0 Å². The predicted octanol–water partition coefficient (Wildman–Crippen LogP) is 3.15. The van der Waals surface area contributed by atoms with Gasteiger partial charge in [-0.3, -0.25) is 0 Å². The van der Waals surface area contributed by atoms with Crippen molar-refractivity contribution >= 4 is 5.82 Å². The lowest BCUT2D eigenvalue weighted by Crippen LogP contribution is -2.07. The van der Waals surface area contributed by atoms with Crippen molar-refractivity contribution in [2.24, 2.45) is 0 Å². The number of hydrogen-bond donors (Lipinski definition) is 1. The summed E-state index contributed by atoms with van der Waals surface area (Å²) >= 11 is 0. The van der Waals surface area contributed by atoms with Crippen LogP contribution in [0.25, 0.3) is 0 Å². The Morgan fingerprint density at radius 2 is 2.10 bits per heavy atom. The molecule has 0 unspecified atom stereocenters. The smallest absolute Gasteiger partial charge is 0.213 e. The fraction of sp³-hybridized carbons (Fsp3) is 0.438. The van der Waals surface area contributed by atoms with Gasteiger partial charge in [0.1, 0.15) is 11.6 Å². The van der Waals surface area contributed by atoms with Crippen molar-refractivity contribution in [3.63, 3.8) is 0 Å². The number of anilines is 1. The van der Waals surface area contributed by atoms with Crippen molar-refractivity contribution in [1.82, 2.24) is 15.0 Å². The molecule has 1 fully saturated rings. The molecule has 2 aromatic rings. The fourth-order valence-electron chi connectivity index (χ4n) is 2.03. The van der Waals surface area contributed by atoms with Gasteiger partial charge in [-0.25, -0.2) is 15.0 Å². The van der Waals surface area contributed by atoms with Gasteiger partial charge in [0.15, 0.2) is 0 Å². The molecule has 0 bridgehead atoms. The van der Waals surface area contributed by atoms with Crippen LogP contribution < -0.4 is 10.1 Å². The van der Waals surface area contributed by atoms with Crippen LogP contribution in [0.2, 0.25) is 0 Å². The van der Waals surface area contributed by atoms with E-state index in [1.165, 1.54) is 12.8 Å². The Morgan fingerprint density at radius 1 is 1.24 bits per heavy atom. The summed E-state index contributed by atoms with van der Waals surface area (Å²) in [5.74, 6) is 3.06. The minimum atomic E-state index is 0.142. The molecular weight excluding hydrogens is 264 g/mol. The lowest BCUT2D eigenvalue weighted by Gasteiger charge is -2.10. The summed E-state index contributed by atoms with van der Waals surface area (Å²) in [6, 6.07) is 5.81. The number of nitrogens with zero attached hydrogens (tertiary/aromatic N) is 3. The van der Waals surface area contributed by atoms with Crippen LogP contribution in [0.15, 0.2) is 30.6 Å². The van der Waals surface area contributed by atoms with Crippen molar-refractivity contribution in [2.75, 3.05) is 5.32 Å². The average molecular weight is 284 g/mol. The topological polar surface area (TPSA) is 59.9 Å². The highest BCUT2D eigenvalue weighted by Crippen LogP contribution is 2.38. The minimum Gasteiger partial charge on any atom is -0.475 e. The van der Waals surface area contributed by atoms with Gasteiger partial charge in [-0.1, -0.05) is 6.07 Å². The standard InChI is InChI=1S/C16H20N4O/c1-11(2)21-15-6-3-12(10-19-15)9-18-14-7-8-17-16(20-14)13-4-5-13/h3,6-8,10-11,13H,4-5,9H2,1-2H3,(H,17,18,20). The van der Waals surface area contributed by atoms with E-state index in [0.717, 1.165) is 17.2 Å². The SMILES string of the molecule is CC(C)Oc1ccc(CNc2ccnc(C3CC3)n2)cn1. The second-order valence-corrected chi connectivity index (χ2v) is 5.60. The van der Waals surface area contributed by atoms with Crippen LogP contribution in [-0.4, -0.2) is 21.1 Å². The number of nitrogens with one attached hydrogen (secondary N) is 1. The van der Waals surface area contributed by atoms with E-state index in [2.05, 4.69) is 20.3 Å². The number of rotatable bonds is 6. The summed E-state index contributed by atoms with van der Waals surface area (Å²) in [4.78, 5) is 13.1. The highest BCUT2D eigenvalue weighted by Gasteiger charge is 2.26. The van der Waals surface area contributed by atoms with Gasteiger partial charge < -0.3 is 10.1 Å². The quantitative estimate of drug-likeness (QED) is 0.883. The Balaban J connectivity index is 1.58. The van der Waals surface area contributed by atoms with Gasteiger partial charge in [0.2, 0.25) is 5.88 Å². The number of ether oxygens (including phenoxy) is 1. The first-order valence-corrected chi connectivity index (χ1v) is 7.39. The summed E-state index contributed by atoms with van der Waals surface area (Å²) < 4.78 is 5.53. The number of aromatic nitrogens is 3. The van der Waals surface area contributed by atoms with E-state index in [4.69, 9.17) is 4.74 Å². The Kier molecular flexibility index (Phi) is 3.99. The van der Waals surface area contributed by atoms with Crippen molar-refractivity contribution in [2.45, 2.75) is 45.3 Å². The van der Waals surface area contributed by atoms with Crippen molar-refractivity contribution in [3.8, 4) is 5.88 Å². The Hall–Kier alpha value is -2.17. The van der Waals surface area contributed by atoms with Gasteiger partial charge in [-0.2, -0.15) is 0 Å². The molecule has 1 N–H and O–H groups in total. The Morgan fingerprint density at radius 3 is 2.76 bits per heavy atom. The summed E-state index contributed by atoms with van der Waals surface area (Å²) in [5, 5.41) is 3.31. The van der Waals surface area contributed by atoms with Crippen LogP contribution in [-0.2, 0) is 6.54 Å². The molecule has 21 heavy (non-hydrogen) atoms. The van der Waals surface area contributed by atoms with E-state index in [-0.39, 0.29) is 6.10 Å². The molecule has 0 radical (unpaired) electrons. The maximum Gasteiger partial charge on any atom is 0.213 e. The zero-order chi connectivity index (χ0) is 14.7. The molecule has 0 spiro atoms. The molecule has 0 aromatic carbocycles. The number of pyridine rings is 1. The lowest BCUT2D eigenvalue weighted by atomic mass is 10.3. The lowest BCUT2D eigenvalue weighted by molar-refractivity contribution is 0.232. The number of hydrogen-bond acceptors (Lipinski definition) is 5. The predicted molar refractivity (Wildman–Crippen MR) is 81.3 cm³/mol. The fourth-order valence-corrected chi connectivity index (χ4v) is 2.03. The molecule has 5 nitrogen and oxygen atoms in total. The van der Waals surface area contributed by atoms with Crippen LogP contribution in [0.5, 0.6) is 5.88 Å². The maximum atomic E-state index is 5.53. The average Bonchev–Trinajstić information content (AvgIpc) is 3.31. The molecule has 5 heteroatoms. The summed E-state index contributed by atoms with van der Waals surface area (Å²) in [7, 11) is 0. The molecular formula is C16H20N4O. The van der Waals surface area contributed by atoms with Gasteiger partial charge in [-0.05, 0) is 38.3 Å². The molecule has 1 aliphatic rings. The van der Waals surface area contributed by atoms with Crippen LogP contribution in [0, 0.1) is 0 Å². The van der Waals surface area contributed by atoms with E-state index in [1.807, 2.05) is 44.4 Å². The Bertz CT molecular complexity index is 593. The van der Waals surface area contributed by atoms with E-state index in [9.17, 15) is 0 Å². The third-order valence-electron chi connectivity index (χ3n) is 3.24. The van der Waals surface area contributed by atoms with E-state index < -0.39 is 0 Å². The molecule has 2 aromatic heterocycles. The molecule has 3 rings (SSSR count). The summed E-state index contributed by atoms with van der Waals surface area (Å²) in [5.41, 5.74) is 1.10. The highest BCUT2D eigenvalue weighted by molar-refractivity contribution is 5.35. The third kappa shape index (κ3) is 3.90. The van der Waals surface area contributed by atoms with E-state index >= 15 is 0 Å². The largest absolute Gasteiger partial charge is 0.475 e. The van der Waals surface area contributed by atoms with Crippen molar-refractivity contribution in [1.29, 1.82) is 0 Å². The van der Waals surface area contributed by atoms with Crippen molar-refractivity contribution in [3.05, 3.63) is 42.0 Å². The van der Waals surface area contributed by atoms with Crippen LogP contribution in [0.1, 0.15) is 44.0 Å². The molecule has 1 saturated carbocycles. The molecule has 0 saturated heterocycles. The zero-order valence-electron chi connectivity index (χ0n) is 12.4. The van der Waals surface area contributed by atoms with E-state index in [1.54, 1.807) is 0 Å². The minimum absolute atomic E-state index is 0.142. The normalized spacial score (nSPS) is 14.2.